The van der Waals surface area contributed by atoms with Crippen LogP contribution < -0.4 is 54.0 Å². The van der Waals surface area contributed by atoms with Gasteiger partial charge >= 0.3 is 0 Å². The van der Waals surface area contributed by atoms with E-state index in [9.17, 15) is 28.8 Å². The number of unbranched alkanes of at least 4 members (excludes halogenated alkanes) is 3. The summed E-state index contributed by atoms with van der Waals surface area (Å²) in [5.41, 5.74) is 13.7. The second kappa shape index (κ2) is 35.0. The summed E-state index contributed by atoms with van der Waals surface area (Å²) >= 11 is 0. The molecule has 0 aromatic heterocycles. The van der Waals surface area contributed by atoms with Crippen molar-refractivity contribution in [1.29, 1.82) is 0 Å². The first-order valence-corrected chi connectivity index (χ1v) is 19.0. The van der Waals surface area contributed by atoms with Gasteiger partial charge in [0.1, 0.15) is 5.78 Å². The predicted octanol–water partition coefficient (Wildman–Crippen LogP) is -1.87. The number of ether oxygens (including phenoxy) is 1. The Morgan fingerprint density at radius 2 is 1.12 bits per heavy atom. The second-order valence-electron chi connectivity index (χ2n) is 12.7. The summed E-state index contributed by atoms with van der Waals surface area (Å²) in [4.78, 5) is 74.5. The molecule has 0 bridgehead atoms. The zero-order valence-corrected chi connectivity index (χ0v) is 31.8. The van der Waals surface area contributed by atoms with Crippen LogP contribution in [0.15, 0.2) is 0 Å². The maximum Gasteiger partial charge on any atom is 0.224 e. The summed E-state index contributed by atoms with van der Waals surface area (Å²) in [5, 5.41) is 23.8. The molecule has 0 heterocycles. The number of hydrogen-bond donors (Lipinski definition) is 9. The van der Waals surface area contributed by atoms with Crippen molar-refractivity contribution in [2.75, 3.05) is 98.8 Å². The molecule has 0 aliphatic rings. The molecule has 0 aromatic rings. The fourth-order valence-corrected chi connectivity index (χ4v) is 4.92. The molecule has 0 saturated heterocycles. The number of amides is 4. The van der Waals surface area contributed by atoms with E-state index >= 15 is 0 Å². The smallest absolute Gasteiger partial charge is 0.224 e. The van der Waals surface area contributed by atoms with E-state index in [-0.39, 0.29) is 49.7 Å². The lowest BCUT2D eigenvalue weighted by Gasteiger charge is -2.18. The quantitative estimate of drug-likeness (QED) is 0.0318. The van der Waals surface area contributed by atoms with Crippen LogP contribution in [0.5, 0.6) is 0 Å². The van der Waals surface area contributed by atoms with Crippen LogP contribution in [-0.2, 0) is 33.5 Å². The molecule has 0 rings (SSSR count). The van der Waals surface area contributed by atoms with Crippen molar-refractivity contribution in [1.82, 2.24) is 48.3 Å². The first kappa shape index (κ1) is 48.9. The Morgan fingerprint density at radius 1 is 0.577 bits per heavy atom. The molecule has 0 aromatic carbocycles. The standard InChI is InChI=1S/C35H69N10O7/c1-3-4-5-6-12-45-35(51)28(26-33(49)43-22-19-39-15-14-38-13-11-36)25-31(47)30(37)27-34(50)44-23-20-41-17-16-40-18-21-42-32(48)10-9-29(46)8-7-24-52-2/h28,30,37-41H,3-27,36H2,1-2H3,(H,42,48)(H,43,49)(H,44,50)(H,45,51). The topological polar surface area (TPSA) is 258 Å². The minimum Gasteiger partial charge on any atom is -0.385 e. The van der Waals surface area contributed by atoms with Gasteiger partial charge in [-0.2, -0.15) is 0 Å². The Morgan fingerprint density at radius 3 is 1.67 bits per heavy atom. The van der Waals surface area contributed by atoms with Crippen molar-refractivity contribution in [3.63, 3.8) is 0 Å². The maximum absolute atomic E-state index is 12.9. The average molecular weight is 742 g/mol. The summed E-state index contributed by atoms with van der Waals surface area (Å²) in [6.07, 6.45) is 4.55. The SMILES string of the molecule is CCCCCCNC(=O)C(CC(=O)NCCNCCNCCN)CC(=O)C([NH])CC(=O)NCCNCCNCCNC(=O)CCC(=O)CCCOC. The molecule has 0 aliphatic heterocycles. The Labute approximate surface area is 310 Å². The highest BCUT2D eigenvalue weighted by Crippen LogP contribution is 2.13. The molecule has 1 radical (unpaired) electrons. The van der Waals surface area contributed by atoms with Gasteiger partial charge in [0.25, 0.3) is 0 Å². The Bertz CT molecular complexity index is 990. The largest absolute Gasteiger partial charge is 0.385 e. The van der Waals surface area contributed by atoms with E-state index < -0.39 is 29.6 Å². The molecule has 17 nitrogen and oxygen atoms in total. The molecule has 2 unspecified atom stereocenters. The predicted molar refractivity (Wildman–Crippen MR) is 201 cm³/mol. The number of Topliss-reactive ketones (excluding diaryl/α,β-unsaturated/α-hetero) is 2. The molecule has 0 fully saturated rings. The number of rotatable bonds is 37. The van der Waals surface area contributed by atoms with Crippen LogP contribution in [0.1, 0.15) is 77.6 Å². The van der Waals surface area contributed by atoms with Crippen LogP contribution in [0.3, 0.4) is 0 Å². The number of carbonyl (C=O) groups is 6. The fourth-order valence-electron chi connectivity index (χ4n) is 4.92. The normalized spacial score (nSPS) is 12.2. The highest BCUT2D eigenvalue weighted by atomic mass is 16.5. The van der Waals surface area contributed by atoms with Crippen molar-refractivity contribution in [3.8, 4) is 0 Å². The third kappa shape index (κ3) is 30.6. The van der Waals surface area contributed by atoms with Crippen molar-refractivity contribution in [2.45, 2.75) is 83.6 Å². The van der Waals surface area contributed by atoms with Crippen molar-refractivity contribution >= 4 is 35.2 Å². The summed E-state index contributed by atoms with van der Waals surface area (Å²) in [6.45, 7) is 9.82. The number of nitrogens with one attached hydrogen (secondary N) is 9. The maximum atomic E-state index is 12.9. The summed E-state index contributed by atoms with van der Waals surface area (Å²) in [5.74, 6) is -2.79. The molecule has 2 atom stereocenters. The van der Waals surface area contributed by atoms with Crippen molar-refractivity contribution in [2.24, 2.45) is 11.7 Å². The molecular weight excluding hydrogens is 672 g/mol. The van der Waals surface area contributed by atoms with Crippen molar-refractivity contribution < 1.29 is 33.5 Å². The first-order valence-electron chi connectivity index (χ1n) is 19.0. The van der Waals surface area contributed by atoms with Gasteiger partial charge in [0.05, 0.1) is 18.4 Å². The first-order chi connectivity index (χ1) is 25.1. The van der Waals surface area contributed by atoms with E-state index in [1.54, 1.807) is 7.11 Å². The molecule has 11 N–H and O–H groups in total. The molecular formula is C35H69N10O7. The molecule has 0 spiro atoms. The second-order valence-corrected chi connectivity index (χ2v) is 12.7. The number of methoxy groups -OCH3 is 1. The molecule has 17 heteroatoms. The van der Waals surface area contributed by atoms with E-state index in [4.69, 9.17) is 16.2 Å². The summed E-state index contributed by atoms with van der Waals surface area (Å²) < 4.78 is 4.92. The zero-order valence-electron chi connectivity index (χ0n) is 31.8. The van der Waals surface area contributed by atoms with E-state index in [0.29, 0.717) is 91.4 Å². The monoisotopic (exact) mass is 742 g/mol. The third-order valence-electron chi connectivity index (χ3n) is 7.94. The summed E-state index contributed by atoms with van der Waals surface area (Å²) in [7, 11) is 1.59. The van der Waals surface area contributed by atoms with E-state index in [2.05, 4.69) is 49.5 Å². The average Bonchev–Trinajstić information content (AvgIpc) is 3.12. The Hall–Kier alpha value is -3.06. The molecule has 0 saturated carbocycles. The highest BCUT2D eigenvalue weighted by Gasteiger charge is 2.28. The van der Waals surface area contributed by atoms with Crippen LogP contribution in [-0.4, -0.2) is 140 Å². The Kier molecular flexibility index (Phi) is 32.9. The van der Waals surface area contributed by atoms with Crippen LogP contribution in [0.2, 0.25) is 0 Å². The van der Waals surface area contributed by atoms with Gasteiger partial charge in [-0.3, -0.25) is 28.8 Å². The molecule has 0 aliphatic carbocycles. The van der Waals surface area contributed by atoms with Crippen LogP contribution in [0.4, 0.5) is 0 Å². The lowest BCUT2D eigenvalue weighted by Crippen LogP contribution is -2.41. The van der Waals surface area contributed by atoms with Crippen LogP contribution >= 0.6 is 0 Å². The fraction of sp³-hybridized carbons (Fsp3) is 0.829. The zero-order chi connectivity index (χ0) is 38.7. The number of hydrogen-bond acceptors (Lipinski definition) is 12. The van der Waals surface area contributed by atoms with Gasteiger partial charge in [-0.1, -0.05) is 26.2 Å². The number of carbonyl (C=O) groups excluding carboxylic acids is 6. The lowest BCUT2D eigenvalue weighted by atomic mass is 9.93. The van der Waals surface area contributed by atoms with E-state index in [0.717, 1.165) is 38.8 Å². The molecule has 52 heavy (non-hydrogen) atoms. The van der Waals surface area contributed by atoms with Crippen molar-refractivity contribution in [3.05, 3.63) is 0 Å². The molecule has 4 amide bonds. The Balaban J connectivity index is 4.34. The van der Waals surface area contributed by atoms with Gasteiger partial charge in [-0.05, 0) is 12.8 Å². The van der Waals surface area contributed by atoms with Gasteiger partial charge in [0.15, 0.2) is 5.78 Å². The van der Waals surface area contributed by atoms with Crippen LogP contribution in [0, 0.1) is 5.92 Å². The minimum absolute atomic E-state index is 0.0556. The molecule has 301 valence electrons. The van der Waals surface area contributed by atoms with E-state index in [1.165, 1.54) is 0 Å². The lowest BCUT2D eigenvalue weighted by molar-refractivity contribution is -0.134. The number of nitrogens with two attached hydrogens (primary N) is 1. The summed E-state index contributed by atoms with van der Waals surface area (Å²) in [6, 6.07) is -1.35. The van der Waals surface area contributed by atoms with Crippen LogP contribution in [0.25, 0.3) is 0 Å². The third-order valence-corrected chi connectivity index (χ3v) is 7.94. The van der Waals surface area contributed by atoms with Gasteiger partial charge in [-0.15, -0.1) is 0 Å². The van der Waals surface area contributed by atoms with Gasteiger partial charge in [-0.25, -0.2) is 5.73 Å². The van der Waals surface area contributed by atoms with Gasteiger partial charge in [0.2, 0.25) is 23.6 Å². The van der Waals surface area contributed by atoms with Gasteiger partial charge in [0, 0.05) is 131 Å². The van der Waals surface area contributed by atoms with Gasteiger partial charge < -0.3 is 53.0 Å². The highest BCUT2D eigenvalue weighted by molar-refractivity contribution is 5.94. The minimum atomic E-state index is -1.35. The van der Waals surface area contributed by atoms with E-state index in [1.807, 2.05) is 0 Å². The number of ketones is 2.